The van der Waals surface area contributed by atoms with Crippen LogP contribution in [0.3, 0.4) is 0 Å². The number of amides is 2. The maximum absolute atomic E-state index is 12.2. The Balaban J connectivity index is 1.68. The maximum atomic E-state index is 12.2. The highest BCUT2D eigenvalue weighted by atomic mass is 16.2. The van der Waals surface area contributed by atoms with E-state index in [2.05, 4.69) is 15.8 Å². The summed E-state index contributed by atoms with van der Waals surface area (Å²) in [7, 11) is 0. The van der Waals surface area contributed by atoms with Gasteiger partial charge in [0.15, 0.2) is 0 Å². The number of rotatable bonds is 5. The highest BCUT2D eigenvalue weighted by molar-refractivity contribution is 6.02. The molecule has 0 atom stereocenters. The smallest absolute Gasteiger partial charge is 0.271 e. The van der Waals surface area contributed by atoms with Crippen LogP contribution in [-0.2, 0) is 4.79 Å². The van der Waals surface area contributed by atoms with E-state index in [9.17, 15) is 9.59 Å². The summed E-state index contributed by atoms with van der Waals surface area (Å²) in [5, 5.41) is 7.10. The molecule has 0 saturated heterocycles. The minimum atomic E-state index is -0.240. The summed E-state index contributed by atoms with van der Waals surface area (Å²) in [5.74, 6) is -0.0120. The van der Waals surface area contributed by atoms with Crippen LogP contribution in [0.25, 0.3) is 0 Å². The molecule has 0 unspecified atom stereocenters. The Hall–Kier alpha value is -2.95. The fraction of sp³-hybridized carbons (Fsp3) is 0.250. The Labute approximate surface area is 147 Å². The largest absolute Gasteiger partial charge is 0.326 e. The van der Waals surface area contributed by atoms with E-state index in [1.54, 1.807) is 6.07 Å². The van der Waals surface area contributed by atoms with Crippen LogP contribution >= 0.6 is 0 Å². The van der Waals surface area contributed by atoms with Crippen LogP contribution in [0.4, 0.5) is 5.69 Å². The molecule has 1 saturated carbocycles. The predicted octanol–water partition coefficient (Wildman–Crippen LogP) is 3.50. The zero-order chi connectivity index (χ0) is 17.8. The van der Waals surface area contributed by atoms with Crippen molar-refractivity contribution in [3.63, 3.8) is 0 Å². The number of hydrazone groups is 1. The summed E-state index contributed by atoms with van der Waals surface area (Å²) < 4.78 is 0. The van der Waals surface area contributed by atoms with Crippen molar-refractivity contribution in [2.45, 2.75) is 26.7 Å². The molecule has 0 radical (unpaired) electrons. The lowest BCUT2D eigenvalue weighted by molar-refractivity contribution is -0.117. The third-order valence-electron chi connectivity index (χ3n) is 4.21. The first-order chi connectivity index (χ1) is 12.0. The van der Waals surface area contributed by atoms with Gasteiger partial charge in [-0.2, -0.15) is 5.10 Å². The van der Waals surface area contributed by atoms with Crippen molar-refractivity contribution >= 4 is 23.2 Å². The highest BCUT2D eigenvalue weighted by Gasteiger charge is 2.29. The van der Waals surface area contributed by atoms with Crippen LogP contribution < -0.4 is 10.7 Å². The van der Waals surface area contributed by atoms with E-state index in [-0.39, 0.29) is 17.7 Å². The van der Waals surface area contributed by atoms with Crippen molar-refractivity contribution in [1.82, 2.24) is 5.43 Å². The molecular formula is C20H21N3O2. The fourth-order valence-electron chi connectivity index (χ4n) is 2.50. The summed E-state index contributed by atoms with van der Waals surface area (Å²) in [5.41, 5.74) is 6.35. The molecule has 0 aliphatic heterocycles. The normalized spacial score (nSPS) is 14.1. The molecule has 2 N–H and O–H groups in total. The van der Waals surface area contributed by atoms with Gasteiger partial charge >= 0.3 is 0 Å². The van der Waals surface area contributed by atoms with E-state index in [1.165, 1.54) is 0 Å². The predicted molar refractivity (Wildman–Crippen MR) is 98.7 cm³/mol. The van der Waals surface area contributed by atoms with Crippen LogP contribution in [0.5, 0.6) is 0 Å². The number of hydrogen-bond acceptors (Lipinski definition) is 3. The van der Waals surface area contributed by atoms with Crippen LogP contribution in [-0.4, -0.2) is 17.5 Å². The van der Waals surface area contributed by atoms with Crippen molar-refractivity contribution in [3.05, 3.63) is 65.2 Å². The number of nitrogens with zero attached hydrogens (tertiary/aromatic N) is 1. The summed E-state index contributed by atoms with van der Waals surface area (Å²) in [6.07, 6.45) is 1.94. The van der Waals surface area contributed by atoms with Gasteiger partial charge in [-0.3, -0.25) is 9.59 Å². The number of aryl methyl sites for hydroxylation is 1. The molecule has 2 aromatic carbocycles. The van der Waals surface area contributed by atoms with Gasteiger partial charge < -0.3 is 5.32 Å². The van der Waals surface area contributed by atoms with Gasteiger partial charge in [-0.05, 0) is 56.0 Å². The third-order valence-corrected chi connectivity index (χ3v) is 4.21. The van der Waals surface area contributed by atoms with Gasteiger partial charge in [0.1, 0.15) is 0 Å². The number of carbonyl (C=O) groups excluding carboxylic acids is 2. The zero-order valence-corrected chi connectivity index (χ0v) is 14.4. The summed E-state index contributed by atoms with van der Waals surface area (Å²) >= 11 is 0. The average molecular weight is 335 g/mol. The molecule has 3 rings (SSSR count). The van der Waals surface area contributed by atoms with Gasteiger partial charge in [0, 0.05) is 17.2 Å². The van der Waals surface area contributed by atoms with Gasteiger partial charge in [-0.1, -0.05) is 30.3 Å². The molecule has 2 amide bonds. The Morgan fingerprint density at radius 3 is 2.56 bits per heavy atom. The maximum Gasteiger partial charge on any atom is 0.271 e. The Kier molecular flexibility index (Phi) is 4.93. The molecule has 0 spiro atoms. The van der Waals surface area contributed by atoms with Crippen LogP contribution in [0, 0.1) is 12.8 Å². The van der Waals surface area contributed by atoms with E-state index >= 15 is 0 Å². The molecule has 1 fully saturated rings. The van der Waals surface area contributed by atoms with Crippen LogP contribution in [0.2, 0.25) is 0 Å². The minimum absolute atomic E-state index is 0.0691. The van der Waals surface area contributed by atoms with Gasteiger partial charge in [0.05, 0.1) is 5.71 Å². The monoisotopic (exact) mass is 335 g/mol. The summed E-state index contributed by atoms with van der Waals surface area (Å²) in [6.45, 7) is 3.71. The lowest BCUT2D eigenvalue weighted by atomic mass is 10.1. The molecule has 0 bridgehead atoms. The number of nitrogens with one attached hydrogen (secondary N) is 2. The van der Waals surface area contributed by atoms with E-state index in [4.69, 9.17) is 0 Å². The Morgan fingerprint density at radius 1 is 1.08 bits per heavy atom. The zero-order valence-electron chi connectivity index (χ0n) is 14.4. The SMILES string of the molecule is CC(=NNC(=O)c1ccccc1C)c1cccc(NC(=O)C2CC2)c1. The van der Waals surface area contributed by atoms with Gasteiger partial charge in [0.2, 0.25) is 5.91 Å². The molecule has 1 aliphatic carbocycles. The van der Waals surface area contributed by atoms with Crippen molar-refractivity contribution in [1.29, 1.82) is 0 Å². The molecule has 0 aromatic heterocycles. The second kappa shape index (κ2) is 7.30. The van der Waals surface area contributed by atoms with Gasteiger partial charge in [0.25, 0.3) is 5.91 Å². The minimum Gasteiger partial charge on any atom is -0.326 e. The topological polar surface area (TPSA) is 70.6 Å². The van der Waals surface area contributed by atoms with Crippen LogP contribution in [0.1, 0.15) is 41.3 Å². The second-order valence-electron chi connectivity index (χ2n) is 6.30. The number of hydrogen-bond donors (Lipinski definition) is 2. The molecule has 128 valence electrons. The molecule has 0 heterocycles. The van der Waals surface area contributed by atoms with Gasteiger partial charge in [-0.15, -0.1) is 0 Å². The van der Waals surface area contributed by atoms with E-state index in [1.807, 2.05) is 56.3 Å². The second-order valence-corrected chi connectivity index (χ2v) is 6.30. The fourth-order valence-corrected chi connectivity index (χ4v) is 2.50. The number of benzene rings is 2. The first-order valence-corrected chi connectivity index (χ1v) is 8.36. The lowest BCUT2D eigenvalue weighted by Crippen LogP contribution is -2.20. The molecule has 25 heavy (non-hydrogen) atoms. The summed E-state index contributed by atoms with van der Waals surface area (Å²) in [4.78, 5) is 24.1. The Bertz CT molecular complexity index is 838. The first-order valence-electron chi connectivity index (χ1n) is 8.36. The first kappa shape index (κ1) is 16.9. The molecule has 1 aliphatic rings. The van der Waals surface area contributed by atoms with Crippen molar-refractivity contribution in [2.24, 2.45) is 11.0 Å². The quantitative estimate of drug-likeness (QED) is 0.648. The summed E-state index contributed by atoms with van der Waals surface area (Å²) in [6, 6.07) is 14.8. The lowest BCUT2D eigenvalue weighted by Gasteiger charge is -2.08. The van der Waals surface area contributed by atoms with E-state index in [0.29, 0.717) is 11.3 Å². The van der Waals surface area contributed by atoms with Crippen molar-refractivity contribution < 1.29 is 9.59 Å². The molecule has 5 heteroatoms. The molecule has 5 nitrogen and oxygen atoms in total. The molecule has 2 aromatic rings. The average Bonchev–Trinajstić information content (AvgIpc) is 3.45. The number of carbonyl (C=O) groups is 2. The van der Waals surface area contributed by atoms with E-state index in [0.717, 1.165) is 29.7 Å². The highest BCUT2D eigenvalue weighted by Crippen LogP contribution is 2.30. The van der Waals surface area contributed by atoms with Crippen molar-refractivity contribution in [2.75, 3.05) is 5.32 Å². The van der Waals surface area contributed by atoms with Crippen LogP contribution in [0.15, 0.2) is 53.6 Å². The standard InChI is InChI=1S/C20H21N3O2/c1-13-6-3-4-9-18(13)20(25)23-22-14(2)16-7-5-8-17(12-16)21-19(24)15-10-11-15/h3-9,12,15H,10-11H2,1-2H3,(H,21,24)(H,23,25). The van der Waals surface area contributed by atoms with E-state index < -0.39 is 0 Å². The van der Waals surface area contributed by atoms with Crippen molar-refractivity contribution in [3.8, 4) is 0 Å². The molecular weight excluding hydrogens is 314 g/mol. The Morgan fingerprint density at radius 2 is 1.84 bits per heavy atom. The third kappa shape index (κ3) is 4.32. The number of anilines is 1. The van der Waals surface area contributed by atoms with Gasteiger partial charge in [-0.25, -0.2) is 5.43 Å².